The SMILES string of the molecule is CCC[CH2][Sn]([CH2]CCC)([CH2]CCC)[CH2]O[C@@](C)(/C(C)=C/CCCOC(c1ccccc1)(c1ccccc1)c1ccccc1)[C@@H](C)OCOCc1ccc(OC)cc1. The molecule has 0 aromatic heterocycles. The van der Waals surface area contributed by atoms with Crippen LogP contribution in [0.15, 0.2) is 127 Å². The first kappa shape index (κ1) is 46.7. The monoisotopic (exact) mass is 884 g/mol. The number of benzene rings is 4. The van der Waals surface area contributed by atoms with Gasteiger partial charge in [0.05, 0.1) is 7.11 Å². The predicted molar refractivity (Wildman–Crippen MR) is 241 cm³/mol. The fourth-order valence-electron chi connectivity index (χ4n) is 7.89. The van der Waals surface area contributed by atoms with Gasteiger partial charge in [0.25, 0.3) is 0 Å². The first-order chi connectivity index (χ1) is 27.8. The summed E-state index contributed by atoms with van der Waals surface area (Å²) in [6.07, 6.45) is 11.6. The zero-order valence-corrected chi connectivity index (χ0v) is 39.1. The third kappa shape index (κ3) is 13.5. The molecule has 0 saturated carbocycles. The van der Waals surface area contributed by atoms with Crippen LogP contribution in [-0.2, 0) is 31.2 Å². The van der Waals surface area contributed by atoms with Gasteiger partial charge in [-0.1, -0.05) is 54.6 Å². The molecule has 4 rings (SSSR count). The number of hydrogen-bond donors (Lipinski definition) is 0. The number of unbranched alkanes of at least 4 members (excludes halogenated alkanes) is 4. The molecular formula is C51H72O5Sn. The normalized spacial score (nSPS) is 14.0. The summed E-state index contributed by atoms with van der Waals surface area (Å²) in [5.74, 6) is 0.839. The van der Waals surface area contributed by atoms with Crippen LogP contribution in [0, 0.1) is 0 Å². The van der Waals surface area contributed by atoms with Crippen molar-refractivity contribution < 1.29 is 23.7 Å². The van der Waals surface area contributed by atoms with Gasteiger partial charge in [0.1, 0.15) is 0 Å². The molecule has 0 heterocycles. The van der Waals surface area contributed by atoms with Crippen molar-refractivity contribution in [1.82, 2.24) is 0 Å². The van der Waals surface area contributed by atoms with Gasteiger partial charge in [-0.15, -0.1) is 0 Å². The van der Waals surface area contributed by atoms with Crippen molar-refractivity contribution in [3.63, 3.8) is 0 Å². The summed E-state index contributed by atoms with van der Waals surface area (Å²) in [6, 6.07) is 39.9. The van der Waals surface area contributed by atoms with Gasteiger partial charge in [0.2, 0.25) is 0 Å². The van der Waals surface area contributed by atoms with Crippen molar-refractivity contribution in [1.29, 1.82) is 0 Å². The van der Waals surface area contributed by atoms with E-state index >= 15 is 0 Å². The zero-order chi connectivity index (χ0) is 40.8. The van der Waals surface area contributed by atoms with E-state index < -0.39 is 29.6 Å². The molecule has 2 atom stereocenters. The van der Waals surface area contributed by atoms with Crippen LogP contribution in [0.3, 0.4) is 0 Å². The molecule has 4 aromatic carbocycles. The molecule has 57 heavy (non-hydrogen) atoms. The second-order valence-electron chi connectivity index (χ2n) is 16.0. The van der Waals surface area contributed by atoms with E-state index in [0.717, 1.165) is 45.5 Å². The Morgan fingerprint density at radius 1 is 0.667 bits per heavy atom. The molecule has 310 valence electrons. The summed E-state index contributed by atoms with van der Waals surface area (Å²) in [4.78, 5) is 0. The average Bonchev–Trinajstić information content (AvgIpc) is 3.26. The van der Waals surface area contributed by atoms with E-state index in [1.165, 1.54) is 57.4 Å². The first-order valence-corrected chi connectivity index (χ1v) is 29.8. The fraction of sp³-hybridized carbons (Fsp3) is 0.490. The van der Waals surface area contributed by atoms with Gasteiger partial charge in [-0.05, 0) is 0 Å². The minimum absolute atomic E-state index is 0.198. The number of hydrogen-bond acceptors (Lipinski definition) is 5. The fourth-order valence-corrected chi connectivity index (χ4v) is 22.4. The summed E-state index contributed by atoms with van der Waals surface area (Å²) in [5.41, 5.74) is 4.37. The van der Waals surface area contributed by atoms with Crippen LogP contribution in [0.25, 0.3) is 0 Å². The topological polar surface area (TPSA) is 46.2 Å². The Morgan fingerprint density at radius 3 is 1.61 bits per heavy atom. The Labute approximate surface area is 350 Å². The molecule has 0 saturated heterocycles. The molecule has 0 spiro atoms. The van der Waals surface area contributed by atoms with Crippen molar-refractivity contribution in [2.75, 3.05) is 25.1 Å². The Hall–Kier alpha value is -2.94. The number of methoxy groups -OCH3 is 1. The van der Waals surface area contributed by atoms with E-state index in [2.05, 4.69) is 139 Å². The summed E-state index contributed by atoms with van der Waals surface area (Å²) < 4.78 is 37.5. The minimum atomic E-state index is -2.62. The van der Waals surface area contributed by atoms with E-state index in [9.17, 15) is 0 Å². The van der Waals surface area contributed by atoms with Gasteiger partial charge in [0, 0.05) is 0 Å². The standard InChI is InChI=1S/C39H45O5.3C4H9.Sn/c1-31(38(3,41-5)32(2)43-30-42-29-33-24-26-37(40-4)27-25-33)17-15-16-28-44-39(34-18-9-6-10-19-34,35-20-11-7-12-21-35)36-22-13-8-14-23-36;3*1-3-4-2;/h6-14,17-27,32H,5,15-16,28-30H2,1-4H3;3*1,3-4H2,2H3;/b31-17+;;;;/t32-,38+;;;;/m1..../s1. The van der Waals surface area contributed by atoms with Crippen LogP contribution >= 0.6 is 0 Å². The van der Waals surface area contributed by atoms with Crippen molar-refractivity contribution in [3.8, 4) is 5.75 Å². The van der Waals surface area contributed by atoms with Crippen molar-refractivity contribution in [3.05, 3.63) is 149 Å². The van der Waals surface area contributed by atoms with Gasteiger partial charge in [-0.2, -0.15) is 0 Å². The predicted octanol–water partition coefficient (Wildman–Crippen LogP) is 13.5. The summed E-state index contributed by atoms with van der Waals surface area (Å²) in [5, 5.41) is 0. The molecule has 0 fully saturated rings. The maximum absolute atomic E-state index is 7.33. The third-order valence-electron chi connectivity index (χ3n) is 11.9. The van der Waals surface area contributed by atoms with E-state index in [0.29, 0.717) is 13.2 Å². The van der Waals surface area contributed by atoms with Crippen molar-refractivity contribution in [2.45, 2.75) is 130 Å². The molecule has 0 aliphatic rings. The molecule has 0 bridgehead atoms. The van der Waals surface area contributed by atoms with Crippen LogP contribution in [0.4, 0.5) is 0 Å². The van der Waals surface area contributed by atoms with Gasteiger partial charge >= 0.3 is 286 Å². The quantitative estimate of drug-likeness (QED) is 0.0187. The Bertz CT molecular complexity index is 1560. The Kier molecular flexibility index (Phi) is 20.4. The molecule has 0 N–H and O–H groups in total. The second-order valence-corrected chi connectivity index (χ2v) is 29.7. The van der Waals surface area contributed by atoms with Crippen LogP contribution < -0.4 is 4.74 Å². The van der Waals surface area contributed by atoms with Crippen LogP contribution in [0.1, 0.15) is 115 Å². The zero-order valence-electron chi connectivity index (χ0n) is 36.3. The van der Waals surface area contributed by atoms with Crippen LogP contribution in [-0.4, -0.2) is 55.2 Å². The molecule has 0 amide bonds. The van der Waals surface area contributed by atoms with Crippen molar-refractivity contribution >= 4 is 18.4 Å². The second kappa shape index (κ2) is 24.9. The number of allylic oxidation sites excluding steroid dienone is 1. The Balaban J connectivity index is 1.54. The van der Waals surface area contributed by atoms with Gasteiger partial charge in [-0.3, -0.25) is 0 Å². The molecule has 0 aliphatic carbocycles. The van der Waals surface area contributed by atoms with E-state index in [1.807, 2.05) is 24.3 Å². The maximum atomic E-state index is 7.33. The summed E-state index contributed by atoms with van der Waals surface area (Å²) in [7, 11) is 1.68. The van der Waals surface area contributed by atoms with E-state index in [4.69, 9.17) is 23.7 Å². The molecule has 5 nitrogen and oxygen atoms in total. The molecular weight excluding hydrogens is 811 g/mol. The molecule has 6 heteroatoms. The Morgan fingerprint density at radius 2 is 1.16 bits per heavy atom. The number of ether oxygens (including phenoxy) is 5. The third-order valence-corrected chi connectivity index (χ3v) is 26.2. The van der Waals surface area contributed by atoms with Crippen molar-refractivity contribution in [2.24, 2.45) is 0 Å². The molecule has 0 unspecified atom stereocenters. The van der Waals surface area contributed by atoms with Gasteiger partial charge in [-0.25, -0.2) is 0 Å². The average molecular weight is 884 g/mol. The summed E-state index contributed by atoms with van der Waals surface area (Å²) >= 11 is -2.62. The van der Waals surface area contributed by atoms with Gasteiger partial charge in [0.15, 0.2) is 0 Å². The molecule has 0 aliphatic heterocycles. The first-order valence-electron chi connectivity index (χ1n) is 21.7. The number of rotatable bonds is 28. The van der Waals surface area contributed by atoms with Gasteiger partial charge < -0.3 is 4.74 Å². The van der Waals surface area contributed by atoms with E-state index in [-0.39, 0.29) is 12.9 Å². The summed E-state index contributed by atoms with van der Waals surface area (Å²) in [6.45, 7) is 14.9. The van der Waals surface area contributed by atoms with Crippen LogP contribution in [0.2, 0.25) is 13.3 Å². The molecule has 0 radical (unpaired) electrons. The van der Waals surface area contributed by atoms with Crippen LogP contribution in [0.5, 0.6) is 5.75 Å². The van der Waals surface area contributed by atoms with E-state index in [1.54, 1.807) is 7.11 Å². The molecule has 4 aromatic rings.